The predicted molar refractivity (Wildman–Crippen MR) is 94.6 cm³/mol. The monoisotopic (exact) mass is 349 g/mol. The van der Waals surface area contributed by atoms with Gasteiger partial charge in [-0.05, 0) is 30.2 Å². The van der Waals surface area contributed by atoms with Gasteiger partial charge in [0.25, 0.3) is 0 Å². The average molecular weight is 349 g/mol. The fourth-order valence-electron chi connectivity index (χ4n) is 2.27. The maximum Gasteiger partial charge on any atom is 0.195 e. The van der Waals surface area contributed by atoms with Crippen molar-refractivity contribution in [1.82, 2.24) is 5.32 Å². The molecule has 0 amide bonds. The first kappa shape index (κ1) is 18.5. The first-order chi connectivity index (χ1) is 12.1. The van der Waals surface area contributed by atoms with Crippen LogP contribution >= 0.6 is 0 Å². The van der Waals surface area contributed by atoms with E-state index in [1.165, 1.54) is 12.1 Å². The van der Waals surface area contributed by atoms with E-state index in [2.05, 4.69) is 15.6 Å². The summed E-state index contributed by atoms with van der Waals surface area (Å²) in [6.45, 7) is 0.440. The van der Waals surface area contributed by atoms with E-state index in [4.69, 9.17) is 9.47 Å². The molecule has 0 fully saturated rings. The molecule has 0 unspecified atom stereocenters. The second-order valence-corrected chi connectivity index (χ2v) is 5.18. The standard InChI is InChI=1S/C18H21F2N3O2/c1-21-18(22-9-8-12-4-5-13(19)10-15(12)20)23-14-6-7-16(24-2)17(11-14)25-3/h4-7,10-11H,8-9H2,1-3H3,(H2,21,22,23). The summed E-state index contributed by atoms with van der Waals surface area (Å²) in [5.74, 6) is 0.610. The molecular formula is C18H21F2N3O2. The molecule has 0 aliphatic rings. The summed E-state index contributed by atoms with van der Waals surface area (Å²) in [4.78, 5) is 4.12. The number of aliphatic imine (C=N–C) groups is 1. The molecule has 0 bridgehead atoms. The molecule has 0 radical (unpaired) electrons. The van der Waals surface area contributed by atoms with Crippen LogP contribution in [0.5, 0.6) is 11.5 Å². The molecule has 2 aromatic rings. The number of hydrogen-bond donors (Lipinski definition) is 2. The van der Waals surface area contributed by atoms with Crippen LogP contribution in [-0.2, 0) is 6.42 Å². The Morgan fingerprint density at radius 2 is 1.80 bits per heavy atom. The normalized spacial score (nSPS) is 11.2. The van der Waals surface area contributed by atoms with E-state index in [0.717, 1.165) is 11.8 Å². The highest BCUT2D eigenvalue weighted by Gasteiger charge is 2.07. The predicted octanol–water partition coefficient (Wildman–Crippen LogP) is 3.21. The van der Waals surface area contributed by atoms with E-state index >= 15 is 0 Å². The maximum absolute atomic E-state index is 13.6. The van der Waals surface area contributed by atoms with Gasteiger partial charge in [-0.3, -0.25) is 4.99 Å². The first-order valence-electron chi connectivity index (χ1n) is 7.71. The molecule has 5 nitrogen and oxygen atoms in total. The Morgan fingerprint density at radius 1 is 1.04 bits per heavy atom. The van der Waals surface area contributed by atoms with Crippen molar-refractivity contribution < 1.29 is 18.3 Å². The van der Waals surface area contributed by atoms with Crippen molar-refractivity contribution in [1.29, 1.82) is 0 Å². The Bertz CT molecular complexity index is 751. The number of hydrogen-bond acceptors (Lipinski definition) is 3. The third kappa shape index (κ3) is 5.07. The Kier molecular flexibility index (Phi) is 6.56. The van der Waals surface area contributed by atoms with Crippen LogP contribution in [0.4, 0.5) is 14.5 Å². The van der Waals surface area contributed by atoms with Gasteiger partial charge in [0.2, 0.25) is 0 Å². The summed E-state index contributed by atoms with van der Waals surface area (Å²) in [5, 5.41) is 6.19. The Hall–Kier alpha value is -2.83. The summed E-state index contributed by atoms with van der Waals surface area (Å²) in [6.07, 6.45) is 0.402. The molecule has 25 heavy (non-hydrogen) atoms. The number of ether oxygens (including phenoxy) is 2. The number of guanidine groups is 1. The van der Waals surface area contributed by atoms with E-state index in [0.29, 0.717) is 36.0 Å². The molecule has 2 N–H and O–H groups in total. The lowest BCUT2D eigenvalue weighted by molar-refractivity contribution is 0.355. The molecule has 0 heterocycles. The lowest BCUT2D eigenvalue weighted by atomic mass is 10.1. The third-order valence-electron chi connectivity index (χ3n) is 3.57. The molecule has 134 valence electrons. The van der Waals surface area contributed by atoms with E-state index in [-0.39, 0.29) is 0 Å². The van der Waals surface area contributed by atoms with Gasteiger partial charge in [0, 0.05) is 31.4 Å². The van der Waals surface area contributed by atoms with Crippen LogP contribution in [0.15, 0.2) is 41.4 Å². The van der Waals surface area contributed by atoms with Crippen LogP contribution in [0, 0.1) is 11.6 Å². The van der Waals surface area contributed by atoms with E-state index in [9.17, 15) is 8.78 Å². The Balaban J connectivity index is 1.94. The van der Waals surface area contributed by atoms with Crippen molar-refractivity contribution in [3.8, 4) is 11.5 Å². The first-order valence-corrected chi connectivity index (χ1v) is 7.71. The molecule has 0 aliphatic heterocycles. The van der Waals surface area contributed by atoms with Crippen molar-refractivity contribution >= 4 is 11.6 Å². The van der Waals surface area contributed by atoms with Gasteiger partial charge in [0.1, 0.15) is 11.6 Å². The molecular weight excluding hydrogens is 328 g/mol. The Morgan fingerprint density at radius 3 is 2.44 bits per heavy atom. The zero-order chi connectivity index (χ0) is 18.2. The van der Waals surface area contributed by atoms with E-state index < -0.39 is 11.6 Å². The van der Waals surface area contributed by atoms with Crippen LogP contribution < -0.4 is 20.1 Å². The number of nitrogens with zero attached hydrogens (tertiary/aromatic N) is 1. The van der Waals surface area contributed by atoms with Crippen molar-refractivity contribution in [2.75, 3.05) is 33.1 Å². The van der Waals surface area contributed by atoms with Gasteiger partial charge < -0.3 is 20.1 Å². The van der Waals surface area contributed by atoms with Crippen LogP contribution in [0.2, 0.25) is 0 Å². The van der Waals surface area contributed by atoms with Gasteiger partial charge in [-0.15, -0.1) is 0 Å². The van der Waals surface area contributed by atoms with Crippen LogP contribution in [0.3, 0.4) is 0 Å². The van der Waals surface area contributed by atoms with Gasteiger partial charge in [-0.1, -0.05) is 6.07 Å². The van der Waals surface area contributed by atoms with Crippen molar-refractivity contribution in [2.45, 2.75) is 6.42 Å². The molecule has 0 spiro atoms. The zero-order valence-corrected chi connectivity index (χ0v) is 14.4. The smallest absolute Gasteiger partial charge is 0.195 e. The Labute approximate surface area is 145 Å². The number of rotatable bonds is 6. The minimum Gasteiger partial charge on any atom is -0.493 e. The molecule has 2 rings (SSSR count). The van der Waals surface area contributed by atoms with Gasteiger partial charge >= 0.3 is 0 Å². The number of benzene rings is 2. The number of nitrogens with one attached hydrogen (secondary N) is 2. The molecule has 0 saturated heterocycles. The van der Waals surface area contributed by atoms with Crippen molar-refractivity contribution in [2.24, 2.45) is 4.99 Å². The fraction of sp³-hybridized carbons (Fsp3) is 0.278. The second kappa shape index (κ2) is 8.86. The summed E-state index contributed by atoms with van der Waals surface area (Å²) in [5.41, 5.74) is 1.20. The zero-order valence-electron chi connectivity index (χ0n) is 14.4. The molecule has 0 saturated carbocycles. The minimum atomic E-state index is -0.583. The van der Waals surface area contributed by atoms with Crippen LogP contribution in [0.25, 0.3) is 0 Å². The molecule has 2 aromatic carbocycles. The van der Waals surface area contributed by atoms with Gasteiger partial charge in [0.05, 0.1) is 14.2 Å². The topological polar surface area (TPSA) is 54.9 Å². The quantitative estimate of drug-likeness (QED) is 0.621. The number of anilines is 1. The van der Waals surface area contributed by atoms with Crippen LogP contribution in [-0.4, -0.2) is 33.8 Å². The lowest BCUT2D eigenvalue weighted by Gasteiger charge is -2.14. The van der Waals surface area contributed by atoms with Crippen molar-refractivity contribution in [3.63, 3.8) is 0 Å². The average Bonchev–Trinajstić information content (AvgIpc) is 2.62. The minimum absolute atomic E-state index is 0.402. The van der Waals surface area contributed by atoms with Gasteiger partial charge in [0.15, 0.2) is 17.5 Å². The lowest BCUT2D eigenvalue weighted by Crippen LogP contribution is -2.32. The van der Waals surface area contributed by atoms with Crippen molar-refractivity contribution in [3.05, 3.63) is 53.6 Å². The highest BCUT2D eigenvalue weighted by Crippen LogP contribution is 2.29. The number of methoxy groups -OCH3 is 2. The fourth-order valence-corrected chi connectivity index (χ4v) is 2.27. The highest BCUT2D eigenvalue weighted by molar-refractivity contribution is 5.93. The molecule has 0 atom stereocenters. The van der Waals surface area contributed by atoms with Crippen LogP contribution in [0.1, 0.15) is 5.56 Å². The summed E-state index contributed by atoms with van der Waals surface area (Å²) < 4.78 is 37.0. The summed E-state index contributed by atoms with van der Waals surface area (Å²) in [7, 11) is 4.76. The van der Waals surface area contributed by atoms with Gasteiger partial charge in [-0.25, -0.2) is 8.78 Å². The van der Waals surface area contributed by atoms with E-state index in [1.807, 2.05) is 6.07 Å². The third-order valence-corrected chi connectivity index (χ3v) is 3.57. The largest absolute Gasteiger partial charge is 0.493 e. The molecule has 0 aromatic heterocycles. The molecule has 0 aliphatic carbocycles. The number of halogens is 2. The highest BCUT2D eigenvalue weighted by atomic mass is 19.1. The summed E-state index contributed by atoms with van der Waals surface area (Å²) >= 11 is 0. The summed E-state index contributed by atoms with van der Waals surface area (Å²) in [6, 6.07) is 8.96. The van der Waals surface area contributed by atoms with Gasteiger partial charge in [-0.2, -0.15) is 0 Å². The maximum atomic E-state index is 13.6. The van der Waals surface area contributed by atoms with E-state index in [1.54, 1.807) is 33.4 Å². The SMILES string of the molecule is CN=C(NCCc1ccc(F)cc1F)Nc1ccc(OC)c(OC)c1. The molecule has 7 heteroatoms. The second-order valence-electron chi connectivity index (χ2n) is 5.18.